The molecule has 0 unspecified atom stereocenters. The fraction of sp³-hybridized carbons (Fsp3) is 0.364. The first-order valence-electron chi connectivity index (χ1n) is 4.72. The van der Waals surface area contributed by atoms with E-state index in [2.05, 4.69) is 5.16 Å². The fourth-order valence-electron chi connectivity index (χ4n) is 1.01. The molecule has 0 aliphatic rings. The quantitative estimate of drug-likeness (QED) is 0.449. The first-order valence-corrected chi connectivity index (χ1v) is 4.72. The molecule has 0 bridgehead atoms. The molecule has 0 heterocycles. The molecule has 0 saturated heterocycles. The molecule has 0 atom stereocenters. The first kappa shape index (κ1) is 11.5. The van der Waals surface area contributed by atoms with Crippen molar-refractivity contribution in [1.29, 1.82) is 0 Å². The van der Waals surface area contributed by atoms with Crippen molar-refractivity contribution in [2.45, 2.75) is 19.4 Å². The van der Waals surface area contributed by atoms with Gasteiger partial charge in [-0.1, -0.05) is 23.4 Å². The summed E-state index contributed by atoms with van der Waals surface area (Å²) in [6.07, 6.45) is 0. The highest BCUT2D eigenvalue weighted by Crippen LogP contribution is 2.10. The first-order chi connectivity index (χ1) is 7.04. The molecule has 0 aromatic heterocycles. The molecule has 3 N–H and O–H groups in total. The molecule has 0 fully saturated rings. The van der Waals surface area contributed by atoms with Gasteiger partial charge in [0.1, 0.15) is 18.1 Å². The van der Waals surface area contributed by atoms with Crippen molar-refractivity contribution < 1.29 is 9.94 Å². The molecule has 82 valence electrons. The Bertz CT molecular complexity index is 328. The lowest BCUT2D eigenvalue weighted by Gasteiger charge is -2.19. The summed E-state index contributed by atoms with van der Waals surface area (Å²) in [5.74, 6) is 0.725. The fourth-order valence-corrected chi connectivity index (χ4v) is 1.01. The maximum absolute atomic E-state index is 8.77. The number of rotatable bonds is 4. The van der Waals surface area contributed by atoms with Crippen LogP contribution in [0.5, 0.6) is 5.75 Å². The van der Waals surface area contributed by atoms with Crippen LogP contribution in [0.2, 0.25) is 0 Å². The molecular formula is C11H16N2O2. The van der Waals surface area contributed by atoms with E-state index >= 15 is 0 Å². The summed E-state index contributed by atoms with van der Waals surface area (Å²) < 4.78 is 5.41. The molecule has 1 aromatic carbocycles. The Morgan fingerprint density at radius 1 is 1.40 bits per heavy atom. The highest BCUT2D eigenvalue weighted by molar-refractivity contribution is 5.93. The minimum atomic E-state index is -0.677. The van der Waals surface area contributed by atoms with Crippen LogP contribution in [0.4, 0.5) is 0 Å². The van der Waals surface area contributed by atoms with Crippen LogP contribution in [0.3, 0.4) is 0 Å². The van der Waals surface area contributed by atoms with Crippen LogP contribution in [-0.2, 0) is 0 Å². The maximum Gasteiger partial charge on any atom is 0.132 e. The van der Waals surface area contributed by atoms with Crippen molar-refractivity contribution >= 4 is 5.71 Å². The molecule has 4 heteroatoms. The van der Waals surface area contributed by atoms with Crippen LogP contribution in [0.1, 0.15) is 13.8 Å². The van der Waals surface area contributed by atoms with Gasteiger partial charge in [0.25, 0.3) is 0 Å². The summed E-state index contributed by atoms with van der Waals surface area (Å²) in [6.45, 7) is 3.71. The largest absolute Gasteiger partial charge is 0.487 e. The van der Waals surface area contributed by atoms with Crippen molar-refractivity contribution in [3.8, 4) is 5.75 Å². The van der Waals surface area contributed by atoms with Crippen LogP contribution in [-0.4, -0.2) is 23.1 Å². The highest BCUT2D eigenvalue weighted by Gasteiger charge is 2.20. The van der Waals surface area contributed by atoms with E-state index in [-0.39, 0.29) is 6.61 Å². The van der Waals surface area contributed by atoms with E-state index in [0.717, 1.165) is 5.75 Å². The van der Waals surface area contributed by atoms with Crippen LogP contribution < -0.4 is 10.5 Å². The van der Waals surface area contributed by atoms with E-state index in [1.165, 1.54) is 0 Å². The normalized spacial score (nSPS) is 12.6. The Hall–Kier alpha value is -1.55. The Kier molecular flexibility index (Phi) is 3.68. The summed E-state index contributed by atoms with van der Waals surface area (Å²) in [5.41, 5.74) is 5.52. The van der Waals surface area contributed by atoms with Gasteiger partial charge in [0, 0.05) is 0 Å². The average Bonchev–Trinajstić information content (AvgIpc) is 2.18. The zero-order valence-corrected chi connectivity index (χ0v) is 8.97. The number of nitrogens with two attached hydrogens (primary N) is 1. The Morgan fingerprint density at radius 2 is 2.00 bits per heavy atom. The van der Waals surface area contributed by atoms with Gasteiger partial charge in [-0.25, -0.2) is 0 Å². The van der Waals surface area contributed by atoms with Crippen molar-refractivity contribution in [3.63, 3.8) is 0 Å². The average molecular weight is 208 g/mol. The third-order valence-electron chi connectivity index (χ3n) is 1.98. The molecule has 1 rings (SSSR count). The van der Waals surface area contributed by atoms with Crippen LogP contribution >= 0.6 is 0 Å². The van der Waals surface area contributed by atoms with Gasteiger partial charge < -0.3 is 15.7 Å². The number of hydrogen-bond donors (Lipinski definition) is 2. The Labute approximate surface area is 89.4 Å². The van der Waals surface area contributed by atoms with Crippen LogP contribution in [0, 0.1) is 0 Å². The minimum absolute atomic E-state index is 0.185. The van der Waals surface area contributed by atoms with Gasteiger partial charge in [-0.3, -0.25) is 0 Å². The molecule has 0 saturated carbocycles. The Morgan fingerprint density at radius 3 is 2.47 bits per heavy atom. The van der Waals surface area contributed by atoms with Crippen molar-refractivity contribution in [1.82, 2.24) is 0 Å². The molecule has 4 nitrogen and oxygen atoms in total. The highest BCUT2D eigenvalue weighted by atomic mass is 16.5. The van der Waals surface area contributed by atoms with Gasteiger partial charge in [0.05, 0.1) is 5.54 Å². The summed E-state index contributed by atoms with van der Waals surface area (Å²) in [5, 5.41) is 11.9. The van der Waals surface area contributed by atoms with Gasteiger partial charge in [-0.15, -0.1) is 0 Å². The number of para-hydroxylation sites is 1. The lowest BCUT2D eigenvalue weighted by molar-refractivity contribution is 0.299. The molecule has 0 aliphatic carbocycles. The van der Waals surface area contributed by atoms with E-state index in [9.17, 15) is 0 Å². The topological polar surface area (TPSA) is 67.8 Å². The molecule has 0 radical (unpaired) electrons. The van der Waals surface area contributed by atoms with E-state index in [0.29, 0.717) is 5.71 Å². The monoisotopic (exact) mass is 208 g/mol. The predicted octanol–water partition coefficient (Wildman–Crippen LogP) is 1.63. The lowest BCUT2D eigenvalue weighted by Crippen LogP contribution is -2.44. The van der Waals surface area contributed by atoms with Gasteiger partial charge in [0.15, 0.2) is 0 Å². The summed E-state index contributed by atoms with van der Waals surface area (Å²) in [4.78, 5) is 0. The molecular weight excluding hydrogens is 192 g/mol. The van der Waals surface area contributed by atoms with Gasteiger partial charge >= 0.3 is 0 Å². The zero-order chi connectivity index (χ0) is 11.3. The number of oxime groups is 1. The smallest absolute Gasteiger partial charge is 0.132 e. The van der Waals surface area contributed by atoms with E-state index in [1.54, 1.807) is 13.8 Å². The maximum atomic E-state index is 8.77. The minimum Gasteiger partial charge on any atom is -0.487 e. The molecule has 15 heavy (non-hydrogen) atoms. The van der Waals surface area contributed by atoms with Crippen molar-refractivity contribution in [3.05, 3.63) is 30.3 Å². The van der Waals surface area contributed by atoms with Crippen molar-refractivity contribution in [2.75, 3.05) is 6.61 Å². The molecule has 1 aromatic rings. The molecule has 0 aliphatic heterocycles. The van der Waals surface area contributed by atoms with Gasteiger partial charge in [-0.2, -0.15) is 0 Å². The predicted molar refractivity (Wildman–Crippen MR) is 59.4 cm³/mol. The summed E-state index contributed by atoms with van der Waals surface area (Å²) in [6, 6.07) is 9.31. The van der Waals surface area contributed by atoms with E-state index < -0.39 is 5.54 Å². The van der Waals surface area contributed by atoms with Crippen molar-refractivity contribution in [2.24, 2.45) is 10.9 Å². The summed E-state index contributed by atoms with van der Waals surface area (Å²) >= 11 is 0. The summed E-state index contributed by atoms with van der Waals surface area (Å²) in [7, 11) is 0. The van der Waals surface area contributed by atoms with Crippen LogP contribution in [0.15, 0.2) is 35.5 Å². The van der Waals surface area contributed by atoms with Gasteiger partial charge in [-0.05, 0) is 26.0 Å². The number of ether oxygens (including phenoxy) is 1. The van der Waals surface area contributed by atoms with E-state index in [1.807, 2.05) is 30.3 Å². The standard InChI is InChI=1S/C11H16N2O2/c1-11(2,12)10(13-14)8-15-9-6-4-3-5-7-9/h3-7,14H,8,12H2,1-2H3/b13-10-. The second kappa shape index (κ2) is 4.79. The van der Waals surface area contributed by atoms with Crippen LogP contribution in [0.25, 0.3) is 0 Å². The van der Waals surface area contributed by atoms with Gasteiger partial charge in [0.2, 0.25) is 0 Å². The number of nitrogens with zero attached hydrogens (tertiary/aromatic N) is 1. The number of benzene rings is 1. The molecule has 0 amide bonds. The number of hydrogen-bond acceptors (Lipinski definition) is 4. The second-order valence-electron chi connectivity index (χ2n) is 3.87. The SMILES string of the molecule is CC(C)(N)/C(COc1ccccc1)=N\O. The zero-order valence-electron chi connectivity index (χ0n) is 8.97. The van der Waals surface area contributed by atoms with E-state index in [4.69, 9.17) is 15.7 Å². The second-order valence-corrected chi connectivity index (χ2v) is 3.87. The lowest BCUT2D eigenvalue weighted by atomic mass is 10.0. The third-order valence-corrected chi connectivity index (χ3v) is 1.98. The Balaban J connectivity index is 2.57. The molecule has 0 spiro atoms. The third kappa shape index (κ3) is 3.59.